The monoisotopic (exact) mass is 241 g/mol. The number of hydrogen-bond donors (Lipinski definition) is 1. The van der Waals surface area contributed by atoms with Crippen LogP contribution in [0.1, 0.15) is 5.69 Å². The van der Waals surface area contributed by atoms with Crippen LogP contribution in [-0.4, -0.2) is 18.5 Å². The minimum Gasteiger partial charge on any atom is -0.491 e. The molecule has 0 saturated carbocycles. The topological polar surface area (TPSA) is 51.3 Å². The Morgan fingerprint density at radius 3 is 2.50 bits per heavy atom. The first kappa shape index (κ1) is 12.3. The van der Waals surface area contributed by atoms with E-state index in [2.05, 4.69) is 9.47 Å². The molecule has 1 aromatic rings. The van der Waals surface area contributed by atoms with Crippen LogP contribution in [0, 0.1) is 0 Å². The van der Waals surface area contributed by atoms with Gasteiger partial charge in [0.05, 0.1) is 12.8 Å². The maximum absolute atomic E-state index is 12.4. The quantitative estimate of drug-likeness (QED) is 0.820. The summed E-state index contributed by atoms with van der Waals surface area (Å²) in [4.78, 5) is 12.9. The summed E-state index contributed by atoms with van der Waals surface area (Å²) in [5, 5.41) is 0. The number of aromatic nitrogens is 1. The normalized spacial score (nSPS) is 11.3. The van der Waals surface area contributed by atoms with Crippen molar-refractivity contribution in [3.8, 4) is 11.5 Å². The zero-order valence-corrected chi connectivity index (χ0v) is 8.02. The van der Waals surface area contributed by atoms with Crippen LogP contribution in [0.15, 0.2) is 10.9 Å². The van der Waals surface area contributed by atoms with Crippen LogP contribution in [0.4, 0.5) is 17.6 Å². The second-order valence-corrected chi connectivity index (χ2v) is 2.69. The van der Waals surface area contributed by atoms with Gasteiger partial charge in [0.2, 0.25) is 0 Å². The lowest BCUT2D eigenvalue weighted by atomic mass is 10.3. The van der Waals surface area contributed by atoms with Gasteiger partial charge in [-0.1, -0.05) is 0 Å². The van der Waals surface area contributed by atoms with Gasteiger partial charge in [0.1, 0.15) is 6.67 Å². The number of alkyl halides is 4. The maximum Gasteiger partial charge on any atom is 0.573 e. The third-order valence-corrected chi connectivity index (χ3v) is 1.60. The lowest BCUT2D eigenvalue weighted by Crippen LogP contribution is -2.20. The molecule has 90 valence electrons. The average Bonchev–Trinajstić information content (AvgIpc) is 2.14. The van der Waals surface area contributed by atoms with Crippen LogP contribution in [0.2, 0.25) is 0 Å². The Kier molecular flexibility index (Phi) is 3.41. The molecule has 0 aliphatic heterocycles. The SMILES string of the molecule is COc1c(OC(F)(F)F)cc(=O)[nH]c1CF. The van der Waals surface area contributed by atoms with E-state index in [-0.39, 0.29) is 0 Å². The fourth-order valence-corrected chi connectivity index (χ4v) is 1.09. The molecule has 1 aromatic heterocycles. The van der Waals surface area contributed by atoms with E-state index in [0.717, 1.165) is 7.11 Å². The molecule has 0 aromatic carbocycles. The number of nitrogens with one attached hydrogen (secondary N) is 1. The van der Waals surface area contributed by atoms with Crippen LogP contribution in [0.25, 0.3) is 0 Å². The van der Waals surface area contributed by atoms with Gasteiger partial charge in [0, 0.05) is 6.07 Å². The largest absolute Gasteiger partial charge is 0.573 e. The van der Waals surface area contributed by atoms with Gasteiger partial charge in [-0.3, -0.25) is 4.79 Å². The van der Waals surface area contributed by atoms with Crippen LogP contribution < -0.4 is 15.0 Å². The summed E-state index contributed by atoms with van der Waals surface area (Å²) in [5.41, 5.74) is -1.32. The Bertz CT molecular complexity index is 426. The molecule has 0 fully saturated rings. The predicted molar refractivity (Wildman–Crippen MR) is 45.1 cm³/mol. The number of hydrogen-bond acceptors (Lipinski definition) is 3. The van der Waals surface area contributed by atoms with Crippen molar-refractivity contribution in [1.82, 2.24) is 4.98 Å². The van der Waals surface area contributed by atoms with Gasteiger partial charge in [-0.15, -0.1) is 13.2 Å². The van der Waals surface area contributed by atoms with Gasteiger partial charge in [0.15, 0.2) is 11.5 Å². The van der Waals surface area contributed by atoms with E-state index in [9.17, 15) is 22.4 Å². The van der Waals surface area contributed by atoms with Gasteiger partial charge >= 0.3 is 6.36 Å². The summed E-state index contributed by atoms with van der Waals surface area (Å²) in [6.07, 6.45) is -4.98. The van der Waals surface area contributed by atoms with Crippen molar-refractivity contribution >= 4 is 0 Å². The third kappa shape index (κ3) is 2.88. The van der Waals surface area contributed by atoms with E-state index in [0.29, 0.717) is 6.07 Å². The Labute approximate surface area is 86.8 Å². The molecule has 0 aliphatic carbocycles. The van der Waals surface area contributed by atoms with Crippen molar-refractivity contribution in [3.05, 3.63) is 22.1 Å². The predicted octanol–water partition coefficient (Wildman–Crippen LogP) is 1.75. The molecule has 1 N–H and O–H groups in total. The Balaban J connectivity index is 3.26. The second kappa shape index (κ2) is 4.42. The minimum absolute atomic E-state index is 0.408. The summed E-state index contributed by atoms with van der Waals surface area (Å²) < 4.78 is 56.3. The summed E-state index contributed by atoms with van der Waals surface area (Å²) in [5.74, 6) is -1.36. The molecule has 8 heteroatoms. The molecule has 1 heterocycles. The van der Waals surface area contributed by atoms with Gasteiger partial charge in [-0.25, -0.2) is 4.39 Å². The number of aromatic amines is 1. The molecule has 16 heavy (non-hydrogen) atoms. The average molecular weight is 241 g/mol. The van der Waals surface area contributed by atoms with E-state index < -0.39 is 35.8 Å². The van der Waals surface area contributed by atoms with E-state index in [1.807, 2.05) is 4.98 Å². The first-order valence-corrected chi connectivity index (χ1v) is 3.99. The number of ether oxygens (including phenoxy) is 2. The zero-order chi connectivity index (χ0) is 12.3. The summed E-state index contributed by atoms with van der Waals surface area (Å²) >= 11 is 0. The third-order valence-electron chi connectivity index (χ3n) is 1.60. The summed E-state index contributed by atoms with van der Waals surface area (Å²) in [6.45, 7) is -1.17. The molecule has 0 bridgehead atoms. The highest BCUT2D eigenvalue weighted by atomic mass is 19.4. The first-order valence-electron chi connectivity index (χ1n) is 3.99. The maximum atomic E-state index is 12.4. The number of halogens is 4. The van der Waals surface area contributed by atoms with Crippen LogP contribution >= 0.6 is 0 Å². The number of rotatable bonds is 3. The van der Waals surface area contributed by atoms with Gasteiger partial charge in [-0.2, -0.15) is 0 Å². The molecule has 0 radical (unpaired) electrons. The number of methoxy groups -OCH3 is 1. The lowest BCUT2D eigenvalue weighted by Gasteiger charge is -2.13. The minimum atomic E-state index is -4.98. The standard InChI is InChI=1S/C8H7F4NO3/c1-15-7-4(3-9)13-6(14)2-5(7)16-8(10,11)12/h2H,3H2,1H3,(H,13,14). The second-order valence-electron chi connectivity index (χ2n) is 2.69. The van der Waals surface area contributed by atoms with Crippen molar-refractivity contribution in [2.75, 3.05) is 7.11 Å². The lowest BCUT2D eigenvalue weighted by molar-refractivity contribution is -0.275. The molecule has 0 unspecified atom stereocenters. The number of H-pyrrole nitrogens is 1. The summed E-state index contributed by atoms with van der Waals surface area (Å²) in [6, 6.07) is 0.533. The molecule has 0 saturated heterocycles. The smallest absolute Gasteiger partial charge is 0.491 e. The molecular formula is C8H7F4NO3. The van der Waals surface area contributed by atoms with Crippen LogP contribution in [-0.2, 0) is 6.67 Å². The molecule has 4 nitrogen and oxygen atoms in total. The highest BCUT2D eigenvalue weighted by Crippen LogP contribution is 2.32. The highest BCUT2D eigenvalue weighted by Gasteiger charge is 2.33. The molecule has 0 atom stereocenters. The van der Waals surface area contributed by atoms with Crippen molar-refractivity contribution in [2.45, 2.75) is 13.0 Å². The van der Waals surface area contributed by atoms with Crippen LogP contribution in [0.5, 0.6) is 11.5 Å². The van der Waals surface area contributed by atoms with Crippen LogP contribution in [0.3, 0.4) is 0 Å². The molecule has 0 spiro atoms. The van der Waals surface area contributed by atoms with E-state index >= 15 is 0 Å². The van der Waals surface area contributed by atoms with Crippen molar-refractivity contribution < 1.29 is 27.0 Å². The zero-order valence-electron chi connectivity index (χ0n) is 8.02. The van der Waals surface area contributed by atoms with Crippen molar-refractivity contribution in [1.29, 1.82) is 0 Å². The van der Waals surface area contributed by atoms with E-state index in [1.54, 1.807) is 0 Å². The molecule has 1 rings (SSSR count). The van der Waals surface area contributed by atoms with Gasteiger partial charge < -0.3 is 14.5 Å². The Hall–Kier alpha value is -1.73. The van der Waals surface area contributed by atoms with Gasteiger partial charge in [0.25, 0.3) is 5.56 Å². The Morgan fingerprint density at radius 2 is 2.06 bits per heavy atom. The van der Waals surface area contributed by atoms with E-state index in [4.69, 9.17) is 0 Å². The van der Waals surface area contributed by atoms with Gasteiger partial charge in [-0.05, 0) is 0 Å². The first-order chi connectivity index (χ1) is 7.37. The summed E-state index contributed by atoms with van der Waals surface area (Å²) in [7, 11) is 1.04. The highest BCUT2D eigenvalue weighted by molar-refractivity contribution is 5.42. The van der Waals surface area contributed by atoms with Crippen molar-refractivity contribution in [3.63, 3.8) is 0 Å². The molecular weight excluding hydrogens is 234 g/mol. The van der Waals surface area contributed by atoms with E-state index in [1.165, 1.54) is 0 Å². The molecule has 0 aliphatic rings. The Morgan fingerprint density at radius 1 is 1.44 bits per heavy atom. The van der Waals surface area contributed by atoms with Crippen molar-refractivity contribution in [2.24, 2.45) is 0 Å². The fourth-order valence-electron chi connectivity index (χ4n) is 1.09. The number of pyridine rings is 1. The molecule has 0 amide bonds. The fraction of sp³-hybridized carbons (Fsp3) is 0.375.